The summed E-state index contributed by atoms with van der Waals surface area (Å²) >= 11 is 6.13. The highest BCUT2D eigenvalue weighted by atomic mass is 35.5. The van der Waals surface area contributed by atoms with Crippen molar-refractivity contribution >= 4 is 29.0 Å². The van der Waals surface area contributed by atoms with Crippen LogP contribution in [0.4, 0.5) is 16.2 Å². The third kappa shape index (κ3) is 4.12. The summed E-state index contributed by atoms with van der Waals surface area (Å²) < 4.78 is 5.40. The van der Waals surface area contributed by atoms with Crippen LogP contribution in [0.1, 0.15) is 12.8 Å². The quantitative estimate of drug-likeness (QED) is 0.875. The van der Waals surface area contributed by atoms with Gasteiger partial charge >= 0.3 is 6.03 Å². The van der Waals surface area contributed by atoms with Crippen LogP contribution < -0.4 is 10.2 Å². The number of ether oxygens (including phenoxy) is 1. The predicted octanol–water partition coefficient (Wildman–Crippen LogP) is 2.41. The summed E-state index contributed by atoms with van der Waals surface area (Å²) in [5.74, 6) is 0.169. The number of nitrogens with one attached hydrogen (secondary N) is 1. The van der Waals surface area contributed by atoms with E-state index in [1.807, 2.05) is 12.1 Å². The van der Waals surface area contributed by atoms with Gasteiger partial charge in [0.1, 0.15) is 0 Å². The Balaban J connectivity index is 1.73. The highest BCUT2D eigenvalue weighted by Gasteiger charge is 2.24. The van der Waals surface area contributed by atoms with Crippen molar-refractivity contribution in [2.24, 2.45) is 5.92 Å². The van der Waals surface area contributed by atoms with Crippen molar-refractivity contribution in [1.82, 2.24) is 4.90 Å². The molecular weight excluding hydrogens is 330 g/mol. The number of amides is 2. The number of benzene rings is 1. The summed E-state index contributed by atoms with van der Waals surface area (Å²) in [7, 11) is 0. The van der Waals surface area contributed by atoms with Gasteiger partial charge in [0, 0.05) is 37.8 Å². The van der Waals surface area contributed by atoms with E-state index in [1.54, 1.807) is 11.0 Å². The number of nitrogens with zero attached hydrogens (tertiary/aromatic N) is 2. The lowest BCUT2D eigenvalue weighted by Crippen LogP contribution is -2.43. The number of aliphatic hydroxyl groups excluding tert-OH is 1. The molecule has 0 aliphatic carbocycles. The fourth-order valence-electron chi connectivity index (χ4n) is 3.28. The molecule has 2 saturated heterocycles. The Morgan fingerprint density at radius 1 is 1.33 bits per heavy atom. The molecule has 6 nitrogen and oxygen atoms in total. The van der Waals surface area contributed by atoms with Gasteiger partial charge in [-0.25, -0.2) is 4.79 Å². The van der Waals surface area contributed by atoms with Crippen molar-refractivity contribution in [3.05, 3.63) is 23.2 Å². The molecule has 24 heavy (non-hydrogen) atoms. The van der Waals surface area contributed by atoms with Gasteiger partial charge in [-0.2, -0.15) is 0 Å². The van der Waals surface area contributed by atoms with Gasteiger partial charge in [-0.1, -0.05) is 11.6 Å². The van der Waals surface area contributed by atoms with Crippen molar-refractivity contribution in [2.75, 3.05) is 56.2 Å². The molecular formula is C17H24ClN3O3. The topological polar surface area (TPSA) is 65.0 Å². The second-order valence-corrected chi connectivity index (χ2v) is 6.76. The third-order valence-electron chi connectivity index (χ3n) is 4.62. The van der Waals surface area contributed by atoms with Crippen molar-refractivity contribution in [3.8, 4) is 0 Å². The van der Waals surface area contributed by atoms with Crippen molar-refractivity contribution in [1.29, 1.82) is 0 Å². The summed E-state index contributed by atoms with van der Waals surface area (Å²) in [6.45, 7) is 4.38. The molecule has 1 atom stereocenters. The monoisotopic (exact) mass is 353 g/mol. The van der Waals surface area contributed by atoms with Crippen molar-refractivity contribution in [3.63, 3.8) is 0 Å². The second-order valence-electron chi connectivity index (χ2n) is 6.33. The van der Waals surface area contributed by atoms with Crippen LogP contribution in [-0.4, -0.2) is 62.0 Å². The van der Waals surface area contributed by atoms with Crippen LogP contribution in [0.25, 0.3) is 0 Å². The number of carbonyl (C=O) groups excluding carboxylic acids is 1. The minimum absolute atomic E-state index is 0.125. The zero-order chi connectivity index (χ0) is 16.9. The van der Waals surface area contributed by atoms with E-state index < -0.39 is 0 Å². The molecule has 1 aromatic rings. The number of aliphatic hydroxyl groups is 1. The molecule has 1 unspecified atom stereocenters. The third-order valence-corrected chi connectivity index (χ3v) is 4.85. The molecule has 0 aromatic heterocycles. The lowest BCUT2D eigenvalue weighted by molar-refractivity contribution is 0.123. The standard InChI is InChI=1S/C17H24ClN3O3/c18-14-3-4-16(20-6-8-24-9-7-20)15(10-14)19-17(23)21-5-1-2-13(11-21)12-22/h3-4,10,13,22H,1-2,5-9,11-12H2,(H,19,23). The Morgan fingerprint density at radius 2 is 2.12 bits per heavy atom. The number of carbonyl (C=O) groups is 1. The number of hydrogen-bond donors (Lipinski definition) is 2. The smallest absolute Gasteiger partial charge is 0.321 e. The first-order valence-corrected chi connectivity index (χ1v) is 8.84. The Morgan fingerprint density at radius 3 is 2.88 bits per heavy atom. The SMILES string of the molecule is O=C(Nc1cc(Cl)ccc1N1CCOCC1)N1CCCC(CO)C1. The first-order chi connectivity index (χ1) is 11.7. The number of urea groups is 1. The van der Waals surface area contributed by atoms with E-state index in [0.29, 0.717) is 24.8 Å². The fourth-order valence-corrected chi connectivity index (χ4v) is 3.45. The van der Waals surface area contributed by atoms with Crippen LogP contribution >= 0.6 is 11.6 Å². The minimum atomic E-state index is -0.134. The highest BCUT2D eigenvalue weighted by Crippen LogP contribution is 2.30. The molecule has 2 fully saturated rings. The fraction of sp³-hybridized carbons (Fsp3) is 0.588. The van der Waals surface area contributed by atoms with Gasteiger partial charge in [-0.05, 0) is 37.0 Å². The number of hydrogen-bond acceptors (Lipinski definition) is 4. The zero-order valence-corrected chi connectivity index (χ0v) is 14.5. The molecule has 7 heteroatoms. The Bertz CT molecular complexity index is 578. The minimum Gasteiger partial charge on any atom is -0.396 e. The van der Waals surface area contributed by atoms with Crippen LogP contribution in [0.3, 0.4) is 0 Å². The predicted molar refractivity (Wildman–Crippen MR) is 94.9 cm³/mol. The maximum absolute atomic E-state index is 12.6. The molecule has 2 aliphatic rings. The molecule has 2 amide bonds. The molecule has 3 rings (SSSR count). The molecule has 2 heterocycles. The average molecular weight is 354 g/mol. The Hall–Kier alpha value is -1.50. The number of likely N-dealkylation sites (tertiary alicyclic amines) is 1. The van der Waals surface area contributed by atoms with Crippen molar-refractivity contribution < 1.29 is 14.6 Å². The van der Waals surface area contributed by atoms with E-state index in [2.05, 4.69) is 10.2 Å². The van der Waals surface area contributed by atoms with Crippen LogP contribution in [0.2, 0.25) is 5.02 Å². The maximum atomic E-state index is 12.6. The van der Waals surface area contributed by atoms with Gasteiger partial charge in [0.2, 0.25) is 0 Å². The molecule has 0 bridgehead atoms. The Labute approximate surface area is 147 Å². The van der Waals surface area contributed by atoms with Crippen LogP contribution in [0.15, 0.2) is 18.2 Å². The summed E-state index contributed by atoms with van der Waals surface area (Å²) in [6.07, 6.45) is 1.89. The Kier molecular flexibility index (Phi) is 5.81. The number of piperidine rings is 1. The summed E-state index contributed by atoms with van der Waals surface area (Å²) in [4.78, 5) is 16.6. The first kappa shape index (κ1) is 17.3. The molecule has 132 valence electrons. The number of anilines is 2. The lowest BCUT2D eigenvalue weighted by atomic mass is 9.99. The van der Waals surface area contributed by atoms with Gasteiger partial charge in [0.25, 0.3) is 0 Å². The van der Waals surface area contributed by atoms with E-state index in [1.165, 1.54) is 0 Å². The molecule has 2 aliphatic heterocycles. The number of rotatable bonds is 3. The first-order valence-electron chi connectivity index (χ1n) is 8.46. The van der Waals surface area contributed by atoms with E-state index in [0.717, 1.165) is 43.9 Å². The van der Waals surface area contributed by atoms with Crippen LogP contribution in [-0.2, 0) is 4.74 Å². The van der Waals surface area contributed by atoms with Crippen LogP contribution in [0, 0.1) is 5.92 Å². The highest BCUT2D eigenvalue weighted by molar-refractivity contribution is 6.31. The van der Waals surface area contributed by atoms with Crippen LogP contribution in [0.5, 0.6) is 0 Å². The number of morpholine rings is 1. The maximum Gasteiger partial charge on any atom is 0.321 e. The normalized spacial score (nSPS) is 21.7. The second kappa shape index (κ2) is 8.05. The van der Waals surface area contributed by atoms with Gasteiger partial charge in [0.15, 0.2) is 0 Å². The van der Waals surface area contributed by atoms with Gasteiger partial charge in [-0.15, -0.1) is 0 Å². The molecule has 0 spiro atoms. The van der Waals surface area contributed by atoms with E-state index in [9.17, 15) is 9.90 Å². The van der Waals surface area contributed by atoms with Gasteiger partial charge in [0.05, 0.1) is 24.6 Å². The summed E-state index contributed by atoms with van der Waals surface area (Å²) in [5, 5.41) is 12.9. The largest absolute Gasteiger partial charge is 0.396 e. The average Bonchev–Trinajstić information content (AvgIpc) is 2.62. The molecule has 2 N–H and O–H groups in total. The zero-order valence-electron chi connectivity index (χ0n) is 13.7. The summed E-state index contributed by atoms with van der Waals surface area (Å²) in [5.41, 5.74) is 1.69. The van der Waals surface area contributed by atoms with E-state index >= 15 is 0 Å². The summed E-state index contributed by atoms with van der Waals surface area (Å²) in [6, 6.07) is 5.43. The number of halogens is 1. The van der Waals surface area contributed by atoms with Crippen molar-refractivity contribution in [2.45, 2.75) is 12.8 Å². The molecule has 0 radical (unpaired) electrons. The molecule has 0 saturated carbocycles. The molecule has 1 aromatic carbocycles. The van der Waals surface area contributed by atoms with E-state index in [4.69, 9.17) is 16.3 Å². The lowest BCUT2D eigenvalue weighted by Gasteiger charge is -2.33. The van der Waals surface area contributed by atoms with Gasteiger partial charge < -0.3 is 25.0 Å². The van der Waals surface area contributed by atoms with E-state index in [-0.39, 0.29) is 18.6 Å². The van der Waals surface area contributed by atoms with Gasteiger partial charge in [-0.3, -0.25) is 0 Å².